The molecule has 0 spiro atoms. The van der Waals surface area contributed by atoms with Crippen LogP contribution in [-0.4, -0.2) is 32.9 Å². The number of piperidine rings is 1. The van der Waals surface area contributed by atoms with Crippen molar-refractivity contribution in [1.82, 2.24) is 19.9 Å². The van der Waals surface area contributed by atoms with Crippen molar-refractivity contribution in [3.8, 4) is 0 Å². The quantitative estimate of drug-likeness (QED) is 0.803. The first-order chi connectivity index (χ1) is 11.4. The van der Waals surface area contributed by atoms with Gasteiger partial charge in [0.2, 0.25) is 0 Å². The van der Waals surface area contributed by atoms with E-state index in [1.165, 1.54) is 42.4 Å². The van der Waals surface area contributed by atoms with E-state index in [2.05, 4.69) is 38.1 Å². The van der Waals surface area contributed by atoms with Gasteiger partial charge in [-0.3, -0.25) is 9.88 Å². The van der Waals surface area contributed by atoms with Gasteiger partial charge in [0.15, 0.2) is 0 Å². The number of fused-ring (bicyclic) bond motifs is 1. The lowest BCUT2D eigenvalue weighted by Gasteiger charge is -2.32. The highest BCUT2D eigenvalue weighted by molar-refractivity contribution is 5.75. The Hall–Kier alpha value is -2.20. The summed E-state index contributed by atoms with van der Waals surface area (Å²) in [6.45, 7) is 3.39. The molecule has 4 rings (SSSR count). The third kappa shape index (κ3) is 3.42. The van der Waals surface area contributed by atoms with Crippen LogP contribution in [0.5, 0.6) is 0 Å². The van der Waals surface area contributed by atoms with Gasteiger partial charge >= 0.3 is 0 Å². The van der Waals surface area contributed by atoms with Gasteiger partial charge in [0.1, 0.15) is 5.65 Å². The maximum Gasteiger partial charge on any atom is 0.137 e. The molecule has 3 aromatic rings. The zero-order chi connectivity index (χ0) is 15.5. The number of hydrogen-bond donors (Lipinski definition) is 1. The van der Waals surface area contributed by atoms with Crippen molar-refractivity contribution in [1.29, 1.82) is 0 Å². The first-order valence-corrected chi connectivity index (χ1v) is 8.40. The Morgan fingerprint density at radius 2 is 2.04 bits per heavy atom. The largest absolute Gasteiger partial charge is 0.346 e. The van der Waals surface area contributed by atoms with Crippen molar-refractivity contribution in [3.63, 3.8) is 0 Å². The van der Waals surface area contributed by atoms with Gasteiger partial charge in [-0.05, 0) is 67.6 Å². The van der Waals surface area contributed by atoms with Crippen LogP contribution in [0.2, 0.25) is 0 Å². The molecule has 0 bridgehead atoms. The summed E-state index contributed by atoms with van der Waals surface area (Å²) in [5.74, 6) is 0.776. The highest BCUT2D eigenvalue weighted by Crippen LogP contribution is 2.23. The molecule has 0 radical (unpaired) electrons. The highest BCUT2D eigenvalue weighted by atomic mass is 15.1. The van der Waals surface area contributed by atoms with Crippen molar-refractivity contribution in [2.75, 3.05) is 13.1 Å². The second-order valence-electron chi connectivity index (χ2n) is 6.54. The number of nitrogens with one attached hydrogen (secondary N) is 1. The number of aromatic amines is 1. The van der Waals surface area contributed by atoms with E-state index in [1.807, 2.05) is 30.9 Å². The molecule has 1 N–H and O–H groups in total. The van der Waals surface area contributed by atoms with E-state index < -0.39 is 0 Å². The Kier molecular flexibility index (Phi) is 4.07. The molecule has 4 heterocycles. The van der Waals surface area contributed by atoms with Crippen LogP contribution in [-0.2, 0) is 13.0 Å². The zero-order valence-corrected chi connectivity index (χ0v) is 13.3. The second kappa shape index (κ2) is 6.50. The van der Waals surface area contributed by atoms with Crippen LogP contribution < -0.4 is 0 Å². The minimum atomic E-state index is 0.776. The monoisotopic (exact) mass is 306 g/mol. The summed E-state index contributed by atoms with van der Waals surface area (Å²) in [4.78, 5) is 14.4. The third-order valence-electron chi connectivity index (χ3n) is 4.82. The second-order valence-corrected chi connectivity index (χ2v) is 6.54. The minimum Gasteiger partial charge on any atom is -0.346 e. The Bertz CT molecular complexity index is 757. The molecule has 23 heavy (non-hydrogen) atoms. The third-order valence-corrected chi connectivity index (χ3v) is 4.82. The van der Waals surface area contributed by atoms with Gasteiger partial charge in [-0.25, -0.2) is 4.98 Å². The molecule has 4 heteroatoms. The molecule has 1 fully saturated rings. The smallest absolute Gasteiger partial charge is 0.137 e. The molecule has 0 amide bonds. The average Bonchev–Trinajstić information content (AvgIpc) is 3.05. The molecule has 118 valence electrons. The predicted molar refractivity (Wildman–Crippen MR) is 92.0 cm³/mol. The molecule has 0 aromatic carbocycles. The van der Waals surface area contributed by atoms with Crippen molar-refractivity contribution in [2.24, 2.45) is 5.92 Å². The summed E-state index contributed by atoms with van der Waals surface area (Å²) < 4.78 is 0. The number of rotatable bonds is 4. The fourth-order valence-corrected chi connectivity index (χ4v) is 3.53. The van der Waals surface area contributed by atoms with E-state index in [0.29, 0.717) is 0 Å². The van der Waals surface area contributed by atoms with Crippen molar-refractivity contribution in [3.05, 3.63) is 60.2 Å². The first-order valence-electron chi connectivity index (χ1n) is 8.40. The standard InChI is InChI=1S/C19H22N4/c1-2-16(12-20-6-1)14-23-8-4-15(5-9-23)10-17-11-18-3-7-21-19(18)22-13-17/h1-3,6-7,11-13,15H,4-5,8-10,14H2,(H,21,22). The number of likely N-dealkylation sites (tertiary alicyclic amines) is 1. The average molecular weight is 306 g/mol. The Labute approximate surface area is 136 Å². The molecule has 0 saturated carbocycles. The summed E-state index contributed by atoms with van der Waals surface area (Å²) in [6, 6.07) is 8.56. The number of aromatic nitrogens is 3. The number of hydrogen-bond acceptors (Lipinski definition) is 3. The number of nitrogens with zero attached hydrogens (tertiary/aromatic N) is 3. The van der Waals surface area contributed by atoms with Crippen LogP contribution in [0.4, 0.5) is 0 Å². The van der Waals surface area contributed by atoms with Crippen LogP contribution in [0.25, 0.3) is 11.0 Å². The van der Waals surface area contributed by atoms with Crippen molar-refractivity contribution >= 4 is 11.0 Å². The van der Waals surface area contributed by atoms with E-state index in [1.54, 1.807) is 0 Å². The van der Waals surface area contributed by atoms with E-state index in [4.69, 9.17) is 0 Å². The van der Waals surface area contributed by atoms with Crippen LogP contribution in [0, 0.1) is 5.92 Å². The van der Waals surface area contributed by atoms with Gasteiger partial charge < -0.3 is 4.98 Å². The van der Waals surface area contributed by atoms with E-state index in [9.17, 15) is 0 Å². The molecular formula is C19H22N4. The van der Waals surface area contributed by atoms with Gasteiger partial charge in [-0.15, -0.1) is 0 Å². The summed E-state index contributed by atoms with van der Waals surface area (Å²) in [5, 5.41) is 1.22. The van der Waals surface area contributed by atoms with Crippen LogP contribution in [0.1, 0.15) is 24.0 Å². The SMILES string of the molecule is c1cncc(CN2CCC(Cc3cnc4[nH]ccc4c3)CC2)c1. The maximum absolute atomic E-state index is 4.50. The summed E-state index contributed by atoms with van der Waals surface area (Å²) in [6.07, 6.45) is 11.5. The van der Waals surface area contributed by atoms with Crippen LogP contribution in [0.3, 0.4) is 0 Å². The Morgan fingerprint density at radius 1 is 1.13 bits per heavy atom. The van der Waals surface area contributed by atoms with Crippen LogP contribution >= 0.6 is 0 Å². The van der Waals surface area contributed by atoms with Gasteiger partial charge in [-0.1, -0.05) is 6.07 Å². The molecule has 0 atom stereocenters. The van der Waals surface area contributed by atoms with E-state index >= 15 is 0 Å². The molecule has 4 nitrogen and oxygen atoms in total. The summed E-state index contributed by atoms with van der Waals surface area (Å²) in [5.41, 5.74) is 3.66. The van der Waals surface area contributed by atoms with E-state index in [-0.39, 0.29) is 0 Å². The normalized spacial score (nSPS) is 16.9. The minimum absolute atomic E-state index is 0.776. The van der Waals surface area contributed by atoms with Gasteiger partial charge in [0.25, 0.3) is 0 Å². The maximum atomic E-state index is 4.50. The molecule has 0 aliphatic carbocycles. The lowest BCUT2D eigenvalue weighted by Crippen LogP contribution is -2.33. The van der Waals surface area contributed by atoms with E-state index in [0.717, 1.165) is 24.5 Å². The Balaban J connectivity index is 1.32. The summed E-state index contributed by atoms with van der Waals surface area (Å²) in [7, 11) is 0. The lowest BCUT2D eigenvalue weighted by molar-refractivity contribution is 0.177. The van der Waals surface area contributed by atoms with Crippen molar-refractivity contribution < 1.29 is 0 Å². The lowest BCUT2D eigenvalue weighted by atomic mass is 9.90. The predicted octanol–water partition coefficient (Wildman–Crippen LogP) is 3.41. The zero-order valence-electron chi connectivity index (χ0n) is 13.3. The summed E-state index contributed by atoms with van der Waals surface area (Å²) >= 11 is 0. The molecular weight excluding hydrogens is 284 g/mol. The van der Waals surface area contributed by atoms with Crippen molar-refractivity contribution in [2.45, 2.75) is 25.8 Å². The molecule has 1 aliphatic rings. The first kappa shape index (κ1) is 14.4. The molecule has 3 aromatic heterocycles. The number of H-pyrrole nitrogens is 1. The number of pyridine rings is 2. The topological polar surface area (TPSA) is 44.8 Å². The van der Waals surface area contributed by atoms with Gasteiger partial charge in [-0.2, -0.15) is 0 Å². The fraction of sp³-hybridized carbons (Fsp3) is 0.368. The fourth-order valence-electron chi connectivity index (χ4n) is 3.53. The Morgan fingerprint density at radius 3 is 2.87 bits per heavy atom. The van der Waals surface area contributed by atoms with Gasteiger partial charge in [0.05, 0.1) is 0 Å². The van der Waals surface area contributed by atoms with Gasteiger partial charge in [0, 0.05) is 36.7 Å². The molecule has 1 aliphatic heterocycles. The molecule has 1 saturated heterocycles. The van der Waals surface area contributed by atoms with Crippen LogP contribution in [0.15, 0.2) is 49.1 Å². The highest BCUT2D eigenvalue weighted by Gasteiger charge is 2.19. The molecule has 0 unspecified atom stereocenters.